The molecule has 0 bridgehead atoms. The number of carbonyl (C=O) groups excluding carboxylic acids is 2. The van der Waals surface area contributed by atoms with Gasteiger partial charge in [0.2, 0.25) is 5.91 Å². The number of anilines is 1. The molecule has 2 aliphatic rings. The van der Waals surface area contributed by atoms with Crippen molar-refractivity contribution in [2.75, 3.05) is 25.2 Å². The Balaban J connectivity index is 1.75. The van der Waals surface area contributed by atoms with Gasteiger partial charge in [0, 0.05) is 30.1 Å². The quantitative estimate of drug-likeness (QED) is 0.540. The molecule has 1 aliphatic carbocycles. The van der Waals surface area contributed by atoms with E-state index in [2.05, 4.69) is 6.92 Å². The molecular formula is C25H30FNO4S. The monoisotopic (exact) mass is 459 g/mol. The summed E-state index contributed by atoms with van der Waals surface area (Å²) in [6.07, 6.45) is 5.33. The Morgan fingerprint density at radius 2 is 1.72 bits per heavy atom. The molecule has 0 atom stereocenters. The summed E-state index contributed by atoms with van der Waals surface area (Å²) in [7, 11) is 1.35. The molecule has 1 saturated carbocycles. The third-order valence-electron chi connectivity index (χ3n) is 6.62. The summed E-state index contributed by atoms with van der Waals surface area (Å²) in [5, 5.41) is 0.631. The normalized spacial score (nSPS) is 21.8. The van der Waals surface area contributed by atoms with Crippen LogP contribution in [0.2, 0.25) is 0 Å². The van der Waals surface area contributed by atoms with Crippen LogP contribution in [0.4, 0.5) is 9.39 Å². The number of hydrogen-bond acceptors (Lipinski definition) is 5. The first-order valence-electron chi connectivity index (χ1n) is 11.4. The van der Waals surface area contributed by atoms with Gasteiger partial charge in [-0.2, -0.15) is 0 Å². The van der Waals surface area contributed by atoms with E-state index in [4.69, 9.17) is 9.47 Å². The molecule has 7 heteroatoms. The van der Waals surface area contributed by atoms with Gasteiger partial charge in [-0.25, -0.2) is 9.18 Å². The molecule has 0 radical (unpaired) electrons. The van der Waals surface area contributed by atoms with Crippen LogP contribution >= 0.6 is 11.3 Å². The fourth-order valence-corrected chi connectivity index (χ4v) is 5.89. The maximum absolute atomic E-state index is 13.8. The van der Waals surface area contributed by atoms with Crippen LogP contribution in [0.5, 0.6) is 0 Å². The number of rotatable bonds is 5. The van der Waals surface area contributed by atoms with Gasteiger partial charge in [-0.15, -0.1) is 11.3 Å². The fourth-order valence-electron chi connectivity index (χ4n) is 4.67. The van der Waals surface area contributed by atoms with Gasteiger partial charge in [0.1, 0.15) is 10.8 Å². The van der Waals surface area contributed by atoms with E-state index in [1.165, 1.54) is 30.6 Å². The summed E-state index contributed by atoms with van der Waals surface area (Å²) >= 11 is 1.40. The molecule has 5 nitrogen and oxygen atoms in total. The van der Waals surface area contributed by atoms with Gasteiger partial charge in [0.15, 0.2) is 0 Å². The van der Waals surface area contributed by atoms with Crippen molar-refractivity contribution in [1.82, 2.24) is 0 Å². The largest absolute Gasteiger partial charge is 0.465 e. The average Bonchev–Trinajstić information content (AvgIpc) is 3.25. The standard InChI is InChI=1S/C25H30FNO4S/c1-16-3-5-18(6-4-16)23(28)27(20-11-13-31-14-12-20)24-21(25(29)30-2)15-22(32-24)17-7-9-19(26)10-8-17/h7-10,15-16,18,20H,3-6,11-14H2,1-2H3. The molecule has 1 aliphatic heterocycles. The van der Waals surface area contributed by atoms with E-state index in [1.54, 1.807) is 18.2 Å². The molecule has 32 heavy (non-hydrogen) atoms. The number of hydrogen-bond donors (Lipinski definition) is 0. The lowest BCUT2D eigenvalue weighted by atomic mass is 9.82. The fraction of sp³-hybridized carbons (Fsp3) is 0.520. The average molecular weight is 460 g/mol. The van der Waals surface area contributed by atoms with E-state index in [9.17, 15) is 14.0 Å². The maximum Gasteiger partial charge on any atom is 0.340 e. The van der Waals surface area contributed by atoms with Crippen molar-refractivity contribution in [3.63, 3.8) is 0 Å². The first kappa shape index (κ1) is 22.9. The van der Waals surface area contributed by atoms with Gasteiger partial charge in [0.25, 0.3) is 0 Å². The number of thiophene rings is 1. The van der Waals surface area contributed by atoms with Crippen LogP contribution in [0.25, 0.3) is 10.4 Å². The molecule has 1 saturated heterocycles. The Morgan fingerprint density at radius 3 is 2.34 bits per heavy atom. The van der Waals surface area contributed by atoms with Crippen LogP contribution in [-0.4, -0.2) is 38.2 Å². The molecule has 0 unspecified atom stereocenters. The molecular weight excluding hydrogens is 429 g/mol. The Morgan fingerprint density at radius 1 is 1.06 bits per heavy atom. The molecule has 0 N–H and O–H groups in total. The number of nitrogens with zero attached hydrogens (tertiary/aromatic N) is 1. The molecule has 1 aromatic heterocycles. The SMILES string of the molecule is COC(=O)c1cc(-c2ccc(F)cc2)sc1N(C(=O)C1CCC(C)CC1)C1CCOCC1. The first-order chi connectivity index (χ1) is 15.5. The second-order valence-corrected chi connectivity index (χ2v) is 9.87. The zero-order valence-electron chi connectivity index (χ0n) is 18.6. The minimum absolute atomic E-state index is 0.0151. The van der Waals surface area contributed by atoms with Gasteiger partial charge < -0.3 is 9.47 Å². The van der Waals surface area contributed by atoms with Gasteiger partial charge in [-0.05, 0) is 68.2 Å². The molecule has 0 spiro atoms. The molecule has 4 rings (SSSR count). The maximum atomic E-state index is 13.8. The summed E-state index contributed by atoms with van der Waals surface area (Å²) in [4.78, 5) is 29.2. The lowest BCUT2D eigenvalue weighted by molar-refractivity contribution is -0.124. The van der Waals surface area contributed by atoms with Gasteiger partial charge in [-0.3, -0.25) is 9.69 Å². The molecule has 2 fully saturated rings. The van der Waals surface area contributed by atoms with Crippen molar-refractivity contribution in [2.45, 2.75) is 51.5 Å². The van der Waals surface area contributed by atoms with Crippen molar-refractivity contribution < 1.29 is 23.5 Å². The van der Waals surface area contributed by atoms with Crippen molar-refractivity contribution in [3.8, 4) is 10.4 Å². The van der Waals surface area contributed by atoms with Crippen molar-refractivity contribution in [2.24, 2.45) is 11.8 Å². The number of carbonyl (C=O) groups is 2. The van der Waals surface area contributed by atoms with Gasteiger partial charge in [-0.1, -0.05) is 19.1 Å². The topological polar surface area (TPSA) is 55.8 Å². The van der Waals surface area contributed by atoms with Crippen molar-refractivity contribution >= 4 is 28.2 Å². The Labute approximate surface area is 192 Å². The highest BCUT2D eigenvalue weighted by Gasteiger charge is 2.37. The second kappa shape index (κ2) is 10.1. The van der Waals surface area contributed by atoms with Crippen LogP contribution in [0.3, 0.4) is 0 Å². The third kappa shape index (κ3) is 4.89. The smallest absolute Gasteiger partial charge is 0.340 e. The summed E-state index contributed by atoms with van der Waals surface area (Å²) in [5.41, 5.74) is 1.19. The number of benzene rings is 1. The summed E-state index contributed by atoms with van der Waals surface area (Å²) < 4.78 is 24.1. The third-order valence-corrected chi connectivity index (χ3v) is 7.81. The first-order valence-corrected chi connectivity index (χ1v) is 12.2. The minimum atomic E-state index is -0.466. The molecule has 1 amide bonds. The van der Waals surface area contributed by atoms with Crippen LogP contribution in [0.1, 0.15) is 55.8 Å². The van der Waals surface area contributed by atoms with E-state index in [0.717, 1.165) is 49.0 Å². The van der Waals surface area contributed by atoms with E-state index < -0.39 is 5.97 Å². The zero-order chi connectivity index (χ0) is 22.7. The number of esters is 1. The molecule has 2 heterocycles. The van der Waals surface area contributed by atoms with Gasteiger partial charge in [0.05, 0.1) is 12.7 Å². The summed E-state index contributed by atoms with van der Waals surface area (Å²) in [5.74, 6) is -0.0682. The highest BCUT2D eigenvalue weighted by atomic mass is 32.1. The van der Waals surface area contributed by atoms with Crippen LogP contribution in [0.15, 0.2) is 30.3 Å². The predicted octanol–water partition coefficient (Wildman–Crippen LogP) is 5.68. The van der Waals surface area contributed by atoms with Crippen molar-refractivity contribution in [3.05, 3.63) is 41.7 Å². The highest BCUT2D eigenvalue weighted by molar-refractivity contribution is 7.20. The lowest BCUT2D eigenvalue weighted by Crippen LogP contribution is -2.47. The number of amides is 1. The number of methoxy groups -OCH3 is 1. The van der Waals surface area contributed by atoms with E-state index in [-0.39, 0.29) is 23.7 Å². The lowest BCUT2D eigenvalue weighted by Gasteiger charge is -2.37. The van der Waals surface area contributed by atoms with Gasteiger partial charge >= 0.3 is 5.97 Å². The van der Waals surface area contributed by atoms with Crippen LogP contribution < -0.4 is 4.90 Å². The predicted molar refractivity (Wildman–Crippen MR) is 124 cm³/mol. The highest BCUT2D eigenvalue weighted by Crippen LogP contribution is 2.42. The Kier molecular flexibility index (Phi) is 7.26. The van der Waals surface area contributed by atoms with E-state index in [0.29, 0.717) is 29.7 Å². The van der Waals surface area contributed by atoms with Crippen LogP contribution in [0, 0.1) is 17.7 Å². The van der Waals surface area contributed by atoms with E-state index >= 15 is 0 Å². The second-order valence-electron chi connectivity index (χ2n) is 8.84. The zero-order valence-corrected chi connectivity index (χ0v) is 19.5. The van der Waals surface area contributed by atoms with E-state index in [1.807, 2.05) is 4.90 Å². The number of halogens is 1. The van der Waals surface area contributed by atoms with Crippen molar-refractivity contribution in [1.29, 1.82) is 0 Å². The Bertz CT molecular complexity index is 943. The minimum Gasteiger partial charge on any atom is -0.465 e. The number of ether oxygens (including phenoxy) is 2. The summed E-state index contributed by atoms with van der Waals surface area (Å²) in [6.45, 7) is 3.43. The molecule has 1 aromatic carbocycles. The van der Waals surface area contributed by atoms with Crippen LogP contribution in [-0.2, 0) is 14.3 Å². The molecule has 172 valence electrons. The summed E-state index contributed by atoms with van der Waals surface area (Å²) in [6, 6.07) is 7.93. The Hall–Kier alpha value is -2.25. The molecule has 2 aromatic rings.